The molecule has 0 aromatic heterocycles. The first-order valence-electron chi connectivity index (χ1n) is 5.28. The van der Waals surface area contributed by atoms with Crippen LogP contribution >= 0.6 is 11.6 Å². The van der Waals surface area contributed by atoms with Crippen molar-refractivity contribution in [2.45, 2.75) is 6.92 Å². The molecular weight excluding hydrogens is 255 g/mol. The van der Waals surface area contributed by atoms with Crippen molar-refractivity contribution in [1.29, 1.82) is 0 Å². The molecule has 0 aliphatic heterocycles. The maximum Gasteiger partial charge on any atom is 0.336 e. The molecule has 0 radical (unpaired) electrons. The van der Waals surface area contributed by atoms with Crippen LogP contribution in [0.4, 0.5) is 4.39 Å². The summed E-state index contributed by atoms with van der Waals surface area (Å²) in [5.74, 6) is -1.68. The SMILES string of the molecule is Cc1cc(-c2ccc(Cl)cc2)c(C(=O)O)cc1F. The first-order chi connectivity index (χ1) is 8.49. The lowest BCUT2D eigenvalue weighted by Crippen LogP contribution is -2.01. The molecule has 0 heterocycles. The zero-order valence-corrected chi connectivity index (χ0v) is 10.3. The standard InChI is InChI=1S/C14H10ClFO2/c1-8-6-11(9-2-4-10(15)5-3-9)12(14(17)18)7-13(8)16/h2-7H,1H3,(H,17,18). The van der Waals surface area contributed by atoms with Crippen LogP contribution in [0.25, 0.3) is 11.1 Å². The van der Waals surface area contributed by atoms with E-state index >= 15 is 0 Å². The van der Waals surface area contributed by atoms with Crippen LogP contribution < -0.4 is 0 Å². The van der Waals surface area contributed by atoms with Crippen molar-refractivity contribution in [2.24, 2.45) is 0 Å². The molecule has 1 N–H and O–H groups in total. The summed E-state index contributed by atoms with van der Waals surface area (Å²) in [6, 6.07) is 9.33. The second-order valence-corrected chi connectivity index (χ2v) is 4.40. The van der Waals surface area contributed by atoms with E-state index < -0.39 is 11.8 Å². The van der Waals surface area contributed by atoms with Crippen LogP contribution in [-0.2, 0) is 0 Å². The van der Waals surface area contributed by atoms with Crippen LogP contribution in [-0.4, -0.2) is 11.1 Å². The molecule has 0 unspecified atom stereocenters. The fourth-order valence-corrected chi connectivity index (χ4v) is 1.85. The van der Waals surface area contributed by atoms with Crippen LogP contribution in [0.2, 0.25) is 5.02 Å². The van der Waals surface area contributed by atoms with E-state index in [2.05, 4.69) is 0 Å². The highest BCUT2D eigenvalue weighted by Crippen LogP contribution is 2.27. The van der Waals surface area contributed by atoms with Crippen molar-refractivity contribution >= 4 is 17.6 Å². The number of halogens is 2. The maximum absolute atomic E-state index is 13.4. The van der Waals surface area contributed by atoms with E-state index in [1.54, 1.807) is 31.2 Å². The summed E-state index contributed by atoms with van der Waals surface area (Å²) in [6.45, 7) is 1.60. The monoisotopic (exact) mass is 264 g/mol. The van der Waals surface area contributed by atoms with Crippen LogP contribution in [0.5, 0.6) is 0 Å². The van der Waals surface area contributed by atoms with Gasteiger partial charge in [0.05, 0.1) is 5.56 Å². The molecule has 2 rings (SSSR count). The van der Waals surface area contributed by atoms with Gasteiger partial charge >= 0.3 is 5.97 Å². The molecule has 0 spiro atoms. The van der Waals surface area contributed by atoms with E-state index in [4.69, 9.17) is 16.7 Å². The van der Waals surface area contributed by atoms with Crippen molar-refractivity contribution < 1.29 is 14.3 Å². The minimum Gasteiger partial charge on any atom is -0.478 e. The Bertz CT molecular complexity index is 606. The van der Waals surface area contributed by atoms with E-state index in [1.807, 2.05) is 0 Å². The molecule has 18 heavy (non-hydrogen) atoms. The van der Waals surface area contributed by atoms with E-state index in [0.717, 1.165) is 6.07 Å². The normalized spacial score (nSPS) is 10.4. The zero-order valence-electron chi connectivity index (χ0n) is 9.58. The second kappa shape index (κ2) is 4.78. The average molecular weight is 265 g/mol. The number of rotatable bonds is 2. The number of carboxylic acid groups (broad SMARTS) is 1. The van der Waals surface area contributed by atoms with Gasteiger partial charge in [-0.15, -0.1) is 0 Å². The summed E-state index contributed by atoms with van der Waals surface area (Å²) < 4.78 is 13.4. The average Bonchev–Trinajstić information content (AvgIpc) is 2.33. The Morgan fingerprint density at radius 1 is 1.22 bits per heavy atom. The van der Waals surface area contributed by atoms with Gasteiger partial charge in [-0.25, -0.2) is 9.18 Å². The Labute approximate surface area is 109 Å². The van der Waals surface area contributed by atoms with Gasteiger partial charge in [0.25, 0.3) is 0 Å². The van der Waals surface area contributed by atoms with Crippen LogP contribution in [0.15, 0.2) is 36.4 Å². The summed E-state index contributed by atoms with van der Waals surface area (Å²) in [4.78, 5) is 11.1. The van der Waals surface area contributed by atoms with Gasteiger partial charge < -0.3 is 5.11 Å². The molecule has 2 aromatic carbocycles. The third kappa shape index (κ3) is 2.36. The summed E-state index contributed by atoms with van der Waals surface area (Å²) in [6.07, 6.45) is 0. The smallest absolute Gasteiger partial charge is 0.336 e. The summed E-state index contributed by atoms with van der Waals surface area (Å²) in [5, 5.41) is 9.67. The molecule has 0 bridgehead atoms. The van der Waals surface area contributed by atoms with Gasteiger partial charge in [-0.3, -0.25) is 0 Å². The van der Waals surface area contributed by atoms with Crippen LogP contribution in [0.1, 0.15) is 15.9 Å². The van der Waals surface area contributed by atoms with E-state index in [9.17, 15) is 9.18 Å². The van der Waals surface area contributed by atoms with Gasteiger partial charge in [0, 0.05) is 5.02 Å². The summed E-state index contributed by atoms with van der Waals surface area (Å²) in [7, 11) is 0. The highest BCUT2D eigenvalue weighted by atomic mass is 35.5. The quantitative estimate of drug-likeness (QED) is 0.885. The highest BCUT2D eigenvalue weighted by molar-refractivity contribution is 6.30. The number of carbonyl (C=O) groups is 1. The van der Waals surface area contributed by atoms with Crippen LogP contribution in [0.3, 0.4) is 0 Å². The molecule has 0 fully saturated rings. The number of benzene rings is 2. The largest absolute Gasteiger partial charge is 0.478 e. The lowest BCUT2D eigenvalue weighted by atomic mass is 9.97. The van der Waals surface area contributed by atoms with Crippen molar-refractivity contribution in [3.05, 3.63) is 58.4 Å². The Balaban J connectivity index is 2.65. The van der Waals surface area contributed by atoms with Crippen molar-refractivity contribution in [3.63, 3.8) is 0 Å². The first-order valence-corrected chi connectivity index (χ1v) is 5.66. The van der Waals surface area contributed by atoms with Gasteiger partial charge in [0.15, 0.2) is 0 Å². The number of carboxylic acids is 1. The zero-order chi connectivity index (χ0) is 13.3. The second-order valence-electron chi connectivity index (χ2n) is 3.96. The van der Waals surface area contributed by atoms with Gasteiger partial charge in [0.2, 0.25) is 0 Å². The Morgan fingerprint density at radius 2 is 1.83 bits per heavy atom. The minimum atomic E-state index is -1.15. The third-order valence-electron chi connectivity index (χ3n) is 2.68. The van der Waals surface area contributed by atoms with Gasteiger partial charge in [-0.1, -0.05) is 23.7 Å². The fourth-order valence-electron chi connectivity index (χ4n) is 1.73. The number of hydrogen-bond acceptors (Lipinski definition) is 1. The van der Waals surface area contributed by atoms with Gasteiger partial charge in [0.1, 0.15) is 5.82 Å². The van der Waals surface area contributed by atoms with Crippen LogP contribution in [0, 0.1) is 12.7 Å². The molecule has 0 saturated heterocycles. The Morgan fingerprint density at radius 3 is 2.39 bits per heavy atom. The Hall–Kier alpha value is -1.87. The predicted octanol–water partition coefficient (Wildman–Crippen LogP) is 4.15. The molecule has 0 saturated carbocycles. The molecule has 2 aromatic rings. The number of aryl methyl sites for hydroxylation is 1. The molecule has 0 atom stereocenters. The predicted molar refractivity (Wildman–Crippen MR) is 68.5 cm³/mol. The molecular formula is C14H10ClFO2. The topological polar surface area (TPSA) is 37.3 Å². The minimum absolute atomic E-state index is 0.0552. The van der Waals surface area contributed by atoms with Crippen molar-refractivity contribution in [3.8, 4) is 11.1 Å². The first kappa shape index (κ1) is 12.6. The summed E-state index contributed by atoms with van der Waals surface area (Å²) in [5.41, 5.74) is 1.53. The third-order valence-corrected chi connectivity index (χ3v) is 2.94. The molecule has 0 aliphatic carbocycles. The van der Waals surface area contributed by atoms with Gasteiger partial charge in [-0.2, -0.15) is 0 Å². The van der Waals surface area contributed by atoms with E-state index in [0.29, 0.717) is 21.7 Å². The number of aromatic carboxylic acids is 1. The molecule has 0 amide bonds. The van der Waals surface area contributed by atoms with E-state index in [-0.39, 0.29) is 5.56 Å². The Kier molecular flexibility index (Phi) is 3.34. The molecule has 0 aliphatic rings. The lowest BCUT2D eigenvalue weighted by molar-refractivity contribution is 0.0697. The lowest BCUT2D eigenvalue weighted by Gasteiger charge is -2.08. The summed E-state index contributed by atoms with van der Waals surface area (Å²) >= 11 is 5.78. The van der Waals surface area contributed by atoms with Crippen molar-refractivity contribution in [2.75, 3.05) is 0 Å². The van der Waals surface area contributed by atoms with Gasteiger partial charge in [-0.05, 0) is 47.9 Å². The maximum atomic E-state index is 13.4. The molecule has 4 heteroatoms. The van der Waals surface area contributed by atoms with E-state index in [1.165, 1.54) is 6.07 Å². The van der Waals surface area contributed by atoms with Crippen molar-refractivity contribution in [1.82, 2.24) is 0 Å². The molecule has 92 valence electrons. The fraction of sp³-hybridized carbons (Fsp3) is 0.0714. The highest BCUT2D eigenvalue weighted by Gasteiger charge is 2.14. The molecule has 2 nitrogen and oxygen atoms in total. The number of hydrogen-bond donors (Lipinski definition) is 1.